The molecular weight excluding hydrogens is 400 g/mol. The van der Waals surface area contributed by atoms with Gasteiger partial charge in [-0.25, -0.2) is 0 Å². The normalized spacial score (nSPS) is 13.8. The Morgan fingerprint density at radius 3 is 2.50 bits per heavy atom. The van der Waals surface area contributed by atoms with Crippen molar-refractivity contribution in [3.05, 3.63) is 93.7 Å². The molecule has 0 atom stereocenters. The molecule has 0 fully saturated rings. The first-order chi connectivity index (χ1) is 14.6. The maximum absolute atomic E-state index is 12.8. The van der Waals surface area contributed by atoms with Crippen LogP contribution in [0.3, 0.4) is 0 Å². The molecule has 0 unspecified atom stereocenters. The predicted molar refractivity (Wildman–Crippen MR) is 118 cm³/mol. The number of carbonyl (C=O) groups is 1. The van der Waals surface area contributed by atoms with E-state index in [0.29, 0.717) is 41.1 Å². The number of ether oxygens (including phenoxy) is 3. The summed E-state index contributed by atoms with van der Waals surface area (Å²) in [6.07, 6.45) is 1.74. The number of Topliss-reactive ketones (excluding diaryl/α,β-unsaturated/α-hetero) is 1. The number of hydrogen-bond donors (Lipinski definition) is 0. The molecule has 3 aromatic carbocycles. The van der Waals surface area contributed by atoms with Crippen molar-refractivity contribution in [2.45, 2.75) is 20.5 Å². The van der Waals surface area contributed by atoms with Gasteiger partial charge in [0.15, 0.2) is 5.76 Å². The van der Waals surface area contributed by atoms with Crippen molar-refractivity contribution in [1.29, 1.82) is 0 Å². The largest absolute Gasteiger partial charge is 0.494 e. The fourth-order valence-corrected chi connectivity index (χ4v) is 3.46. The average molecular weight is 421 g/mol. The summed E-state index contributed by atoms with van der Waals surface area (Å²) < 4.78 is 17.3. The topological polar surface area (TPSA) is 44.8 Å². The molecule has 152 valence electrons. The summed E-state index contributed by atoms with van der Waals surface area (Å²) in [5.74, 6) is 2.13. The molecule has 30 heavy (non-hydrogen) atoms. The summed E-state index contributed by atoms with van der Waals surface area (Å²) in [7, 11) is 0. The second kappa shape index (κ2) is 8.64. The van der Waals surface area contributed by atoms with Crippen LogP contribution in [0.25, 0.3) is 6.08 Å². The standard InChI is InChI=1S/C25H21ClO4/c1-3-28-19-10-8-17(9-11-19)14-23-24(27)20-12-13-22(16(2)25(20)30-23)29-15-18-6-4-5-7-21(18)26/h4-14H,3,15H2,1-2H3/b23-14-. The van der Waals surface area contributed by atoms with Crippen molar-refractivity contribution in [2.24, 2.45) is 0 Å². The quantitative estimate of drug-likeness (QED) is 0.442. The van der Waals surface area contributed by atoms with E-state index in [1.165, 1.54) is 0 Å². The van der Waals surface area contributed by atoms with Crippen LogP contribution in [0.1, 0.15) is 34.0 Å². The highest BCUT2D eigenvalue weighted by Gasteiger charge is 2.30. The monoisotopic (exact) mass is 420 g/mol. The minimum absolute atomic E-state index is 0.139. The number of fused-ring (bicyclic) bond motifs is 1. The highest BCUT2D eigenvalue weighted by atomic mass is 35.5. The van der Waals surface area contributed by atoms with E-state index < -0.39 is 0 Å². The number of ketones is 1. The van der Waals surface area contributed by atoms with E-state index >= 15 is 0 Å². The van der Waals surface area contributed by atoms with E-state index in [-0.39, 0.29) is 5.78 Å². The molecule has 0 N–H and O–H groups in total. The number of rotatable bonds is 6. The molecule has 0 spiro atoms. The number of carbonyl (C=O) groups excluding carboxylic acids is 1. The van der Waals surface area contributed by atoms with Gasteiger partial charge in [-0.3, -0.25) is 4.79 Å². The third kappa shape index (κ3) is 4.05. The Balaban J connectivity index is 1.54. The van der Waals surface area contributed by atoms with Crippen LogP contribution in [-0.2, 0) is 6.61 Å². The van der Waals surface area contributed by atoms with Crippen molar-refractivity contribution in [1.82, 2.24) is 0 Å². The fourth-order valence-electron chi connectivity index (χ4n) is 3.27. The van der Waals surface area contributed by atoms with Gasteiger partial charge in [-0.05, 0) is 55.8 Å². The lowest BCUT2D eigenvalue weighted by Crippen LogP contribution is -1.99. The van der Waals surface area contributed by atoms with E-state index in [1.54, 1.807) is 18.2 Å². The van der Waals surface area contributed by atoms with E-state index in [0.717, 1.165) is 22.4 Å². The van der Waals surface area contributed by atoms with Crippen molar-refractivity contribution in [2.75, 3.05) is 6.61 Å². The zero-order valence-electron chi connectivity index (χ0n) is 16.8. The summed E-state index contributed by atoms with van der Waals surface area (Å²) in [6.45, 7) is 4.76. The molecular formula is C25H21ClO4. The van der Waals surface area contributed by atoms with E-state index in [1.807, 2.05) is 62.4 Å². The molecule has 0 aliphatic carbocycles. The number of halogens is 1. The van der Waals surface area contributed by atoms with Crippen LogP contribution < -0.4 is 14.2 Å². The molecule has 0 aromatic heterocycles. The van der Waals surface area contributed by atoms with Gasteiger partial charge >= 0.3 is 0 Å². The van der Waals surface area contributed by atoms with Gasteiger partial charge in [0.2, 0.25) is 5.78 Å². The molecule has 0 saturated heterocycles. The van der Waals surface area contributed by atoms with Gasteiger partial charge in [0.25, 0.3) is 0 Å². The van der Waals surface area contributed by atoms with Gasteiger partial charge in [0.05, 0.1) is 12.2 Å². The molecule has 0 radical (unpaired) electrons. The van der Waals surface area contributed by atoms with Gasteiger partial charge < -0.3 is 14.2 Å². The molecule has 1 aliphatic rings. The smallest absolute Gasteiger partial charge is 0.231 e. The fraction of sp³-hybridized carbons (Fsp3) is 0.160. The Labute approximate surface area is 180 Å². The predicted octanol–water partition coefficient (Wildman–Crippen LogP) is 6.24. The molecule has 0 bridgehead atoms. The van der Waals surface area contributed by atoms with Crippen LogP contribution in [0.15, 0.2) is 66.4 Å². The molecule has 4 nitrogen and oxygen atoms in total. The Hall–Kier alpha value is -3.24. The van der Waals surface area contributed by atoms with Gasteiger partial charge in [0, 0.05) is 16.1 Å². The zero-order chi connectivity index (χ0) is 21.1. The first-order valence-electron chi connectivity index (χ1n) is 9.73. The van der Waals surface area contributed by atoms with Crippen LogP contribution in [-0.4, -0.2) is 12.4 Å². The molecule has 5 heteroatoms. The Kier molecular flexibility index (Phi) is 5.77. The second-order valence-electron chi connectivity index (χ2n) is 6.89. The first kappa shape index (κ1) is 20.0. The lowest BCUT2D eigenvalue weighted by Gasteiger charge is -2.12. The van der Waals surface area contributed by atoms with Gasteiger partial charge in [-0.1, -0.05) is 41.9 Å². The number of benzene rings is 3. The van der Waals surface area contributed by atoms with Gasteiger partial charge in [-0.2, -0.15) is 0 Å². The average Bonchev–Trinajstić information content (AvgIpc) is 3.07. The van der Waals surface area contributed by atoms with Gasteiger partial charge in [-0.15, -0.1) is 0 Å². The SMILES string of the molecule is CCOc1ccc(/C=C2\Oc3c(ccc(OCc4ccccc4Cl)c3C)C2=O)cc1. The molecule has 3 aromatic rings. The summed E-state index contributed by atoms with van der Waals surface area (Å²) >= 11 is 6.20. The lowest BCUT2D eigenvalue weighted by atomic mass is 10.1. The maximum Gasteiger partial charge on any atom is 0.231 e. The van der Waals surface area contributed by atoms with Crippen LogP contribution in [0.2, 0.25) is 5.02 Å². The minimum Gasteiger partial charge on any atom is -0.494 e. The molecule has 4 rings (SSSR count). The Bertz CT molecular complexity index is 1120. The number of allylic oxidation sites excluding steroid dienone is 1. The maximum atomic E-state index is 12.8. The summed E-state index contributed by atoms with van der Waals surface area (Å²) in [6, 6.07) is 18.6. The third-order valence-electron chi connectivity index (χ3n) is 4.87. The molecule has 0 saturated carbocycles. The van der Waals surface area contributed by atoms with Crippen molar-refractivity contribution in [3.63, 3.8) is 0 Å². The van der Waals surface area contributed by atoms with E-state index in [4.69, 9.17) is 25.8 Å². The summed E-state index contributed by atoms with van der Waals surface area (Å²) in [5.41, 5.74) is 3.08. The van der Waals surface area contributed by atoms with Crippen LogP contribution in [0, 0.1) is 6.92 Å². The second-order valence-corrected chi connectivity index (χ2v) is 7.29. The van der Waals surface area contributed by atoms with Crippen LogP contribution in [0.5, 0.6) is 17.2 Å². The van der Waals surface area contributed by atoms with Crippen LogP contribution in [0.4, 0.5) is 0 Å². The van der Waals surface area contributed by atoms with Crippen LogP contribution >= 0.6 is 11.6 Å². The molecule has 1 aliphatic heterocycles. The molecule has 0 amide bonds. The van der Waals surface area contributed by atoms with Crippen molar-refractivity contribution < 1.29 is 19.0 Å². The highest BCUT2D eigenvalue weighted by Crippen LogP contribution is 2.39. The van der Waals surface area contributed by atoms with Crippen molar-refractivity contribution >= 4 is 23.5 Å². The molecule has 1 heterocycles. The zero-order valence-corrected chi connectivity index (χ0v) is 17.5. The highest BCUT2D eigenvalue weighted by molar-refractivity contribution is 6.31. The lowest BCUT2D eigenvalue weighted by molar-refractivity contribution is 0.101. The van der Waals surface area contributed by atoms with E-state index in [2.05, 4.69) is 0 Å². The first-order valence-corrected chi connectivity index (χ1v) is 10.1. The Morgan fingerprint density at radius 1 is 1.00 bits per heavy atom. The summed E-state index contributed by atoms with van der Waals surface area (Å²) in [5, 5.41) is 0.656. The Morgan fingerprint density at radius 2 is 1.77 bits per heavy atom. The van der Waals surface area contributed by atoms with Gasteiger partial charge in [0.1, 0.15) is 23.9 Å². The van der Waals surface area contributed by atoms with E-state index in [9.17, 15) is 4.79 Å². The summed E-state index contributed by atoms with van der Waals surface area (Å²) in [4.78, 5) is 12.8. The van der Waals surface area contributed by atoms with Crippen molar-refractivity contribution in [3.8, 4) is 17.2 Å². The number of hydrogen-bond acceptors (Lipinski definition) is 4. The third-order valence-corrected chi connectivity index (χ3v) is 5.24. The minimum atomic E-state index is -0.139.